The maximum atomic E-state index is 13.1. The summed E-state index contributed by atoms with van der Waals surface area (Å²) in [4.78, 5) is 14.1. The maximum Gasteiger partial charge on any atom is 0.262 e. The highest BCUT2D eigenvalue weighted by Crippen LogP contribution is 2.41. The molecule has 3 N–H and O–H groups in total. The van der Waals surface area contributed by atoms with Gasteiger partial charge in [-0.15, -0.1) is 0 Å². The van der Waals surface area contributed by atoms with Gasteiger partial charge in [0.2, 0.25) is 0 Å². The molecule has 0 bridgehead atoms. The van der Waals surface area contributed by atoms with Crippen molar-refractivity contribution < 1.29 is 17.9 Å². The quantitative estimate of drug-likeness (QED) is 0.278. The average molecular weight is 610 g/mol. The molecule has 0 saturated carbocycles. The van der Waals surface area contributed by atoms with Crippen LogP contribution in [0, 0.1) is 0 Å². The van der Waals surface area contributed by atoms with Crippen molar-refractivity contribution in [2.75, 3.05) is 18.2 Å². The first-order chi connectivity index (χ1) is 15.7. The van der Waals surface area contributed by atoms with E-state index in [0.29, 0.717) is 36.5 Å². The van der Waals surface area contributed by atoms with E-state index in [1.807, 2.05) is 6.07 Å². The van der Waals surface area contributed by atoms with Crippen LogP contribution in [0.25, 0.3) is 6.08 Å². The number of carbonyl (C=O) groups excluding carboxylic acids is 1. The molecule has 0 saturated heterocycles. The van der Waals surface area contributed by atoms with Crippen LogP contribution < -0.4 is 15.8 Å². The summed E-state index contributed by atoms with van der Waals surface area (Å²) in [6, 6.07) is 15.5. The van der Waals surface area contributed by atoms with E-state index in [-0.39, 0.29) is 16.6 Å². The van der Waals surface area contributed by atoms with Crippen molar-refractivity contribution in [1.82, 2.24) is 0 Å². The lowest BCUT2D eigenvalue weighted by atomic mass is 10.1. The first-order valence-corrected chi connectivity index (χ1v) is 13.7. The van der Waals surface area contributed by atoms with Gasteiger partial charge in [0.1, 0.15) is 5.75 Å². The molecule has 0 radical (unpaired) electrons. The van der Waals surface area contributed by atoms with Gasteiger partial charge in [-0.1, -0.05) is 55.8 Å². The van der Waals surface area contributed by atoms with Crippen LogP contribution in [0.4, 0.5) is 11.4 Å². The van der Waals surface area contributed by atoms with Gasteiger partial charge >= 0.3 is 0 Å². The zero-order valence-corrected chi connectivity index (χ0v) is 22.1. The van der Waals surface area contributed by atoms with Crippen molar-refractivity contribution in [2.45, 2.75) is 15.5 Å². The molecule has 1 amide bonds. The minimum absolute atomic E-state index is 0.139. The van der Waals surface area contributed by atoms with Gasteiger partial charge in [0, 0.05) is 13.8 Å². The number of ether oxygens (including phenoxy) is 1. The second-order valence-corrected chi connectivity index (χ2v) is 12.0. The summed E-state index contributed by atoms with van der Waals surface area (Å²) in [6.07, 6.45) is 1.73. The third kappa shape index (κ3) is 5.13. The maximum absolute atomic E-state index is 13.1. The molecule has 4 rings (SSSR count). The zero-order chi connectivity index (χ0) is 23.8. The SMILES string of the molecule is COc1ccc(/C=C2/Sc3ccc(S(=O)(=O)Cc4c(Br)cccc4Br)cc3NC2=O)cc1N. The molecule has 3 aromatic rings. The van der Waals surface area contributed by atoms with E-state index in [1.165, 1.54) is 24.9 Å². The molecule has 0 aromatic heterocycles. The van der Waals surface area contributed by atoms with Gasteiger partial charge in [0.15, 0.2) is 9.84 Å². The minimum atomic E-state index is -3.64. The summed E-state index contributed by atoms with van der Waals surface area (Å²) in [5.41, 5.74) is 8.28. The molecule has 0 fully saturated rings. The van der Waals surface area contributed by atoms with E-state index in [1.54, 1.807) is 48.5 Å². The highest BCUT2D eigenvalue weighted by molar-refractivity contribution is 9.11. The third-order valence-corrected chi connectivity index (χ3v) is 9.18. The van der Waals surface area contributed by atoms with Crippen LogP contribution in [0.5, 0.6) is 5.75 Å². The number of thioether (sulfide) groups is 1. The van der Waals surface area contributed by atoms with Crippen molar-refractivity contribution in [3.63, 3.8) is 0 Å². The molecule has 6 nitrogen and oxygen atoms in total. The number of halogens is 2. The van der Waals surface area contributed by atoms with Gasteiger partial charge in [-0.2, -0.15) is 0 Å². The number of nitrogens with one attached hydrogen (secondary N) is 1. The molecule has 1 aliphatic rings. The van der Waals surface area contributed by atoms with Crippen LogP contribution in [0.15, 0.2) is 78.2 Å². The van der Waals surface area contributed by atoms with Crippen molar-refractivity contribution in [3.8, 4) is 5.75 Å². The number of methoxy groups -OCH3 is 1. The Morgan fingerprint density at radius 3 is 2.48 bits per heavy atom. The second kappa shape index (κ2) is 9.54. The fraction of sp³-hybridized carbons (Fsp3) is 0.0870. The van der Waals surface area contributed by atoms with Crippen molar-refractivity contribution in [1.29, 1.82) is 0 Å². The Bertz CT molecular complexity index is 1390. The monoisotopic (exact) mass is 608 g/mol. The van der Waals surface area contributed by atoms with Gasteiger partial charge in [0.05, 0.1) is 34.0 Å². The molecule has 1 heterocycles. The lowest BCUT2D eigenvalue weighted by Crippen LogP contribution is -2.18. The number of nitrogen functional groups attached to an aromatic ring is 1. The molecule has 10 heteroatoms. The van der Waals surface area contributed by atoms with Crippen molar-refractivity contribution in [3.05, 3.63) is 79.6 Å². The Labute approximate surface area is 212 Å². The Morgan fingerprint density at radius 2 is 1.82 bits per heavy atom. The smallest absolute Gasteiger partial charge is 0.262 e. The molecule has 33 heavy (non-hydrogen) atoms. The van der Waals surface area contributed by atoms with E-state index in [2.05, 4.69) is 37.2 Å². The van der Waals surface area contributed by atoms with Crippen LogP contribution in [-0.2, 0) is 20.4 Å². The van der Waals surface area contributed by atoms with E-state index >= 15 is 0 Å². The van der Waals surface area contributed by atoms with Gasteiger partial charge < -0.3 is 15.8 Å². The van der Waals surface area contributed by atoms with Crippen molar-refractivity contribution >= 4 is 76.8 Å². The van der Waals surface area contributed by atoms with Crippen LogP contribution in [0.1, 0.15) is 11.1 Å². The molecule has 1 aliphatic heterocycles. The van der Waals surface area contributed by atoms with E-state index in [4.69, 9.17) is 10.5 Å². The normalized spacial score (nSPS) is 14.6. The molecular weight excluding hydrogens is 592 g/mol. The number of sulfone groups is 1. The summed E-state index contributed by atoms with van der Waals surface area (Å²) in [5, 5.41) is 2.80. The highest BCUT2D eigenvalue weighted by Gasteiger charge is 2.25. The van der Waals surface area contributed by atoms with Crippen LogP contribution in [0.3, 0.4) is 0 Å². The Hall–Kier alpha value is -2.27. The topological polar surface area (TPSA) is 98.5 Å². The molecule has 0 unspecified atom stereocenters. The number of hydrogen-bond donors (Lipinski definition) is 2. The summed E-state index contributed by atoms with van der Waals surface area (Å²) < 4.78 is 32.7. The van der Waals surface area contributed by atoms with Gasteiger partial charge in [-0.25, -0.2) is 8.42 Å². The minimum Gasteiger partial charge on any atom is -0.495 e. The molecule has 0 aliphatic carbocycles. The number of hydrogen-bond acceptors (Lipinski definition) is 6. The molecule has 170 valence electrons. The van der Waals surface area contributed by atoms with Crippen LogP contribution in [-0.4, -0.2) is 21.4 Å². The van der Waals surface area contributed by atoms with Crippen LogP contribution >= 0.6 is 43.6 Å². The number of rotatable bonds is 5. The predicted molar refractivity (Wildman–Crippen MR) is 139 cm³/mol. The fourth-order valence-electron chi connectivity index (χ4n) is 3.27. The standard InChI is InChI=1S/C23H18Br2N2O4S2/c1-31-20-7-5-13(9-18(20)26)10-22-23(28)27-19-11-14(6-8-21(19)32-22)33(29,30)12-15-16(24)3-2-4-17(15)25/h2-11H,12,26H2,1H3,(H,27,28)/b22-10+. The Kier molecular flexibility index (Phi) is 6.90. The van der Waals surface area contributed by atoms with E-state index < -0.39 is 9.84 Å². The summed E-state index contributed by atoms with van der Waals surface area (Å²) in [7, 11) is -2.10. The molecule has 3 aromatic carbocycles. The Balaban J connectivity index is 1.61. The van der Waals surface area contributed by atoms with Gasteiger partial charge in [-0.3, -0.25) is 4.79 Å². The largest absolute Gasteiger partial charge is 0.495 e. The number of nitrogens with two attached hydrogens (primary N) is 1. The van der Waals surface area contributed by atoms with Crippen LogP contribution in [0.2, 0.25) is 0 Å². The van der Waals surface area contributed by atoms with E-state index in [0.717, 1.165) is 10.5 Å². The second-order valence-electron chi connectivity index (χ2n) is 7.18. The number of carbonyl (C=O) groups is 1. The average Bonchev–Trinajstić information content (AvgIpc) is 2.77. The van der Waals surface area contributed by atoms with Gasteiger partial charge in [0.25, 0.3) is 5.91 Å². The summed E-state index contributed by atoms with van der Waals surface area (Å²) in [6.45, 7) is 0. The third-order valence-electron chi connectivity index (χ3n) is 4.95. The first-order valence-electron chi connectivity index (χ1n) is 9.62. The lowest BCUT2D eigenvalue weighted by molar-refractivity contribution is -0.112. The summed E-state index contributed by atoms with van der Waals surface area (Å²) in [5.74, 6) is 0.0652. The number of fused-ring (bicyclic) bond motifs is 1. The fourth-order valence-corrected chi connectivity index (χ4v) is 7.28. The molecule has 0 spiro atoms. The van der Waals surface area contributed by atoms with E-state index in [9.17, 15) is 13.2 Å². The number of amides is 1. The molecule has 0 atom stereocenters. The lowest BCUT2D eigenvalue weighted by Gasteiger charge is -2.20. The zero-order valence-electron chi connectivity index (χ0n) is 17.3. The first kappa shape index (κ1) is 23.9. The highest BCUT2D eigenvalue weighted by atomic mass is 79.9. The number of benzene rings is 3. The number of anilines is 2. The predicted octanol–water partition coefficient (Wildman–Crippen LogP) is 5.86. The Morgan fingerprint density at radius 1 is 1.09 bits per heavy atom. The summed E-state index contributed by atoms with van der Waals surface area (Å²) >= 11 is 8.09. The molecular formula is C23H18Br2N2O4S2. The van der Waals surface area contributed by atoms with Crippen molar-refractivity contribution in [2.24, 2.45) is 0 Å². The van der Waals surface area contributed by atoms with Gasteiger partial charge in [-0.05, 0) is 59.7 Å².